The van der Waals surface area contributed by atoms with Crippen molar-refractivity contribution in [3.63, 3.8) is 0 Å². The lowest BCUT2D eigenvalue weighted by atomic mass is 10.1. The zero-order valence-corrected chi connectivity index (χ0v) is 20.5. The number of methoxy groups -OCH3 is 1. The largest absolute Gasteiger partial charge is 0.480 e. The van der Waals surface area contributed by atoms with Crippen molar-refractivity contribution in [1.82, 2.24) is 19.9 Å². The number of hydrogen-bond acceptors (Lipinski definition) is 9. The molecule has 0 aromatic carbocycles. The highest BCUT2D eigenvalue weighted by molar-refractivity contribution is 5.76. The zero-order chi connectivity index (χ0) is 25.0. The number of pyridine rings is 1. The Labute approximate surface area is 206 Å². The molecule has 0 fully saturated rings. The molecular weight excluding hydrogens is 446 g/mol. The Morgan fingerprint density at radius 1 is 1.31 bits per heavy atom. The molecule has 0 spiro atoms. The summed E-state index contributed by atoms with van der Waals surface area (Å²) in [5, 5.41) is 24.8. The minimum absolute atomic E-state index is 0.0430. The number of rotatable bonds is 14. The highest BCUT2D eigenvalue weighted by Gasteiger charge is 2.20. The average Bonchev–Trinajstić information content (AvgIpc) is 2.88. The van der Waals surface area contributed by atoms with E-state index in [1.165, 1.54) is 18.0 Å². The number of aromatic nitrogens is 3. The number of nitrogens with zero attached hydrogens (tertiary/aromatic N) is 5. The number of nitrogens with one attached hydrogen (secondary N) is 2. The quantitative estimate of drug-likeness (QED) is 0.345. The third-order valence-electron chi connectivity index (χ3n) is 6.14. The van der Waals surface area contributed by atoms with E-state index >= 15 is 0 Å². The molecule has 2 unspecified atom stereocenters. The third kappa shape index (κ3) is 8.46. The average molecular weight is 482 g/mol. The molecule has 0 amide bonds. The van der Waals surface area contributed by atoms with Gasteiger partial charge in [-0.15, -0.1) is 0 Å². The highest BCUT2D eigenvalue weighted by atomic mass is 16.5. The maximum atomic E-state index is 11.8. The van der Waals surface area contributed by atoms with E-state index in [1.54, 1.807) is 7.11 Å². The molecule has 1 aliphatic rings. The van der Waals surface area contributed by atoms with Gasteiger partial charge in [-0.3, -0.25) is 0 Å². The van der Waals surface area contributed by atoms with E-state index in [4.69, 9.17) is 15.0 Å². The van der Waals surface area contributed by atoms with E-state index in [0.29, 0.717) is 18.5 Å². The summed E-state index contributed by atoms with van der Waals surface area (Å²) in [5.41, 5.74) is 2.73. The number of ether oxygens (including phenoxy) is 1. The first kappa shape index (κ1) is 26.3. The maximum Gasteiger partial charge on any atom is 0.326 e. The van der Waals surface area contributed by atoms with Gasteiger partial charge in [0.05, 0.1) is 24.1 Å². The summed E-state index contributed by atoms with van der Waals surface area (Å²) in [5.74, 6) is 0.257. The molecule has 3 N–H and O–H groups in total. The molecule has 3 heterocycles. The van der Waals surface area contributed by atoms with Crippen LogP contribution in [0.15, 0.2) is 24.5 Å². The minimum Gasteiger partial charge on any atom is -0.480 e. The normalized spacial score (nSPS) is 14.5. The summed E-state index contributed by atoms with van der Waals surface area (Å²) in [6.45, 7) is 5.15. The van der Waals surface area contributed by atoms with E-state index in [2.05, 4.69) is 37.6 Å². The van der Waals surface area contributed by atoms with Gasteiger partial charge >= 0.3 is 5.97 Å². The van der Waals surface area contributed by atoms with Crippen molar-refractivity contribution >= 4 is 17.7 Å². The Kier molecular flexibility index (Phi) is 10.2. The van der Waals surface area contributed by atoms with Crippen LogP contribution in [0.1, 0.15) is 49.4 Å². The topological polar surface area (TPSA) is 136 Å². The number of aryl methyl sites for hydroxylation is 2. The van der Waals surface area contributed by atoms with Crippen LogP contribution in [0.25, 0.3) is 0 Å². The second-order valence-electron chi connectivity index (χ2n) is 8.88. The van der Waals surface area contributed by atoms with E-state index in [0.717, 1.165) is 63.3 Å². The number of anilines is 2. The van der Waals surface area contributed by atoms with E-state index < -0.39 is 12.0 Å². The number of aliphatic carboxylic acids is 1. The molecule has 0 saturated carbocycles. The van der Waals surface area contributed by atoms with Crippen molar-refractivity contribution in [1.29, 1.82) is 5.26 Å². The van der Waals surface area contributed by atoms with Crippen LogP contribution in [0.3, 0.4) is 0 Å². The number of carbonyl (C=O) groups is 1. The molecule has 2 atom stereocenters. The second-order valence-corrected chi connectivity index (χ2v) is 8.88. The van der Waals surface area contributed by atoms with Crippen LogP contribution in [0.4, 0.5) is 11.8 Å². The van der Waals surface area contributed by atoms with Crippen LogP contribution in [0.5, 0.6) is 0 Å². The van der Waals surface area contributed by atoms with Crippen molar-refractivity contribution in [2.24, 2.45) is 0 Å². The fraction of sp³-hybridized carbons (Fsp3) is 0.560. The summed E-state index contributed by atoms with van der Waals surface area (Å²) >= 11 is 0. The molecule has 0 aliphatic carbocycles. The van der Waals surface area contributed by atoms with Gasteiger partial charge in [-0.25, -0.2) is 19.7 Å². The second kappa shape index (κ2) is 13.6. The molecule has 188 valence electrons. The number of fused-ring (bicyclic) bond motifs is 1. The molecule has 10 heteroatoms. The Morgan fingerprint density at radius 2 is 2.11 bits per heavy atom. The summed E-state index contributed by atoms with van der Waals surface area (Å²) in [7, 11) is 1.68. The van der Waals surface area contributed by atoms with Crippen LogP contribution >= 0.6 is 0 Å². The van der Waals surface area contributed by atoms with Gasteiger partial charge in [0.15, 0.2) is 0 Å². The van der Waals surface area contributed by atoms with Gasteiger partial charge in [0.1, 0.15) is 17.9 Å². The van der Waals surface area contributed by atoms with Crippen LogP contribution < -0.4 is 10.6 Å². The number of carboxylic acids is 1. The van der Waals surface area contributed by atoms with Gasteiger partial charge < -0.3 is 25.4 Å². The first-order chi connectivity index (χ1) is 17.0. The first-order valence-corrected chi connectivity index (χ1v) is 12.2. The Hall–Kier alpha value is -3.29. The predicted molar refractivity (Wildman–Crippen MR) is 133 cm³/mol. The Bertz CT molecular complexity index is 994. The van der Waals surface area contributed by atoms with Crippen molar-refractivity contribution in [2.75, 3.05) is 43.9 Å². The predicted octanol–water partition coefficient (Wildman–Crippen LogP) is 2.72. The van der Waals surface area contributed by atoms with Crippen molar-refractivity contribution in [3.8, 4) is 6.07 Å². The molecule has 35 heavy (non-hydrogen) atoms. The summed E-state index contributed by atoms with van der Waals surface area (Å²) < 4.78 is 5.44. The SMILES string of the molecule is COC(C)CN(CCCCc1ccc2c(n1)NCCC2)CCC(Nc1ncc(C#N)cn1)C(=O)O. The van der Waals surface area contributed by atoms with Crippen LogP contribution in [0, 0.1) is 11.3 Å². The van der Waals surface area contributed by atoms with Gasteiger partial charge in [-0.2, -0.15) is 5.26 Å². The lowest BCUT2D eigenvalue weighted by Gasteiger charge is -2.26. The van der Waals surface area contributed by atoms with Crippen molar-refractivity contribution < 1.29 is 14.6 Å². The molecule has 0 saturated heterocycles. The number of carboxylic acid groups (broad SMARTS) is 1. The molecule has 2 aromatic rings. The van der Waals surface area contributed by atoms with E-state index in [1.807, 2.05) is 13.0 Å². The first-order valence-electron chi connectivity index (χ1n) is 12.2. The number of hydrogen-bond donors (Lipinski definition) is 3. The van der Waals surface area contributed by atoms with E-state index in [9.17, 15) is 9.90 Å². The molecule has 10 nitrogen and oxygen atoms in total. The van der Waals surface area contributed by atoms with Gasteiger partial charge in [0.2, 0.25) is 5.95 Å². The summed E-state index contributed by atoms with van der Waals surface area (Å²) in [4.78, 5) is 26.9. The molecule has 0 radical (unpaired) electrons. The fourth-order valence-corrected chi connectivity index (χ4v) is 4.07. The molecule has 2 aromatic heterocycles. The van der Waals surface area contributed by atoms with Gasteiger partial charge in [-0.05, 0) is 63.6 Å². The van der Waals surface area contributed by atoms with Gasteiger partial charge in [-0.1, -0.05) is 6.07 Å². The molecule has 3 rings (SSSR count). The zero-order valence-electron chi connectivity index (χ0n) is 20.5. The standard InChI is InChI=1S/C25H35N7O3/c1-18(35-2)17-32(12-4-3-7-21-9-8-20-6-5-11-27-23(20)30-21)13-10-22(24(33)34)31-25-28-15-19(14-26)16-29-25/h8-9,15-16,18,22H,3-7,10-13,17H2,1-2H3,(H,27,30)(H,33,34)(H,28,29,31). The third-order valence-corrected chi connectivity index (χ3v) is 6.14. The lowest BCUT2D eigenvalue weighted by molar-refractivity contribution is -0.138. The number of nitriles is 1. The number of unbranched alkanes of at least 4 members (excludes halogenated alkanes) is 1. The summed E-state index contributed by atoms with van der Waals surface area (Å²) in [6, 6.07) is 5.43. The highest BCUT2D eigenvalue weighted by Crippen LogP contribution is 2.20. The molecular formula is C25H35N7O3. The monoisotopic (exact) mass is 481 g/mol. The fourth-order valence-electron chi connectivity index (χ4n) is 4.07. The summed E-state index contributed by atoms with van der Waals surface area (Å²) in [6.07, 6.45) is 8.30. The van der Waals surface area contributed by atoms with Crippen molar-refractivity contribution in [2.45, 2.75) is 57.6 Å². The molecule has 1 aliphatic heterocycles. The van der Waals surface area contributed by atoms with Gasteiger partial charge in [0, 0.05) is 32.4 Å². The van der Waals surface area contributed by atoms with E-state index in [-0.39, 0.29) is 12.1 Å². The lowest BCUT2D eigenvalue weighted by Crippen LogP contribution is -2.38. The minimum atomic E-state index is -0.968. The smallest absolute Gasteiger partial charge is 0.326 e. The van der Waals surface area contributed by atoms with Crippen LogP contribution in [-0.4, -0.2) is 76.4 Å². The molecule has 0 bridgehead atoms. The van der Waals surface area contributed by atoms with Gasteiger partial charge in [0.25, 0.3) is 0 Å². The Balaban J connectivity index is 1.50. The van der Waals surface area contributed by atoms with Crippen molar-refractivity contribution in [3.05, 3.63) is 41.3 Å². The van der Waals surface area contributed by atoms with Crippen LogP contribution in [0.2, 0.25) is 0 Å². The Morgan fingerprint density at radius 3 is 2.83 bits per heavy atom. The van der Waals surface area contributed by atoms with Crippen LogP contribution in [-0.2, 0) is 22.4 Å². The maximum absolute atomic E-state index is 11.8.